The number of nitrogens with one attached hydrogen (secondary N) is 4. The molecule has 116 valence electrons. The van der Waals surface area contributed by atoms with Crippen molar-refractivity contribution in [3.63, 3.8) is 0 Å². The van der Waals surface area contributed by atoms with Crippen LogP contribution in [0.1, 0.15) is 39.5 Å². The zero-order chi connectivity index (χ0) is 15.1. The lowest BCUT2D eigenvalue weighted by molar-refractivity contribution is 0.152. The van der Waals surface area contributed by atoms with Gasteiger partial charge in [0.25, 0.3) is 0 Å². The minimum atomic E-state index is -0.899. The van der Waals surface area contributed by atoms with Crippen LogP contribution in [-0.4, -0.2) is 46.8 Å². The van der Waals surface area contributed by atoms with Gasteiger partial charge in [0.2, 0.25) is 0 Å². The number of amides is 4. The molecule has 0 heterocycles. The van der Waals surface area contributed by atoms with Crippen molar-refractivity contribution in [2.75, 3.05) is 0 Å². The van der Waals surface area contributed by atoms with E-state index in [4.69, 9.17) is 10.2 Å². The van der Waals surface area contributed by atoms with Crippen molar-refractivity contribution in [2.45, 2.75) is 64.1 Å². The predicted octanol–water partition coefficient (Wildman–Crippen LogP) is -0.427. The Morgan fingerprint density at radius 2 is 1.35 bits per heavy atom. The van der Waals surface area contributed by atoms with Crippen LogP contribution in [-0.2, 0) is 0 Å². The SMILES string of the molecule is CC(O)NC(=O)NC1CCCC(NC(=O)NC(C)O)C1. The van der Waals surface area contributed by atoms with Gasteiger partial charge in [0, 0.05) is 12.1 Å². The van der Waals surface area contributed by atoms with Gasteiger partial charge in [-0.3, -0.25) is 0 Å². The van der Waals surface area contributed by atoms with E-state index in [9.17, 15) is 9.59 Å². The average molecular weight is 288 g/mol. The molecule has 1 aliphatic carbocycles. The third-order valence-corrected chi connectivity index (χ3v) is 3.02. The molecule has 0 aromatic rings. The first-order chi connectivity index (χ1) is 9.36. The molecule has 1 rings (SSSR count). The number of rotatable bonds is 4. The number of urea groups is 2. The molecule has 0 saturated heterocycles. The molecule has 20 heavy (non-hydrogen) atoms. The lowest BCUT2D eigenvalue weighted by Crippen LogP contribution is -2.51. The van der Waals surface area contributed by atoms with Crippen LogP contribution in [0.15, 0.2) is 0 Å². The fraction of sp³-hybridized carbons (Fsp3) is 0.833. The number of aliphatic hydroxyl groups excluding tert-OH is 2. The maximum atomic E-state index is 11.5. The maximum Gasteiger partial charge on any atom is 0.317 e. The molecule has 0 aliphatic heterocycles. The van der Waals surface area contributed by atoms with E-state index in [0.717, 1.165) is 19.3 Å². The van der Waals surface area contributed by atoms with Crippen molar-refractivity contribution < 1.29 is 19.8 Å². The highest BCUT2D eigenvalue weighted by Crippen LogP contribution is 2.18. The van der Waals surface area contributed by atoms with Crippen LogP contribution in [0, 0.1) is 0 Å². The van der Waals surface area contributed by atoms with Crippen LogP contribution in [0.2, 0.25) is 0 Å². The molecule has 0 aromatic carbocycles. The summed E-state index contributed by atoms with van der Waals surface area (Å²) in [5.74, 6) is 0. The number of carbonyl (C=O) groups excluding carboxylic acids is 2. The van der Waals surface area contributed by atoms with Gasteiger partial charge in [-0.2, -0.15) is 0 Å². The van der Waals surface area contributed by atoms with Crippen molar-refractivity contribution in [2.24, 2.45) is 0 Å². The number of carbonyl (C=O) groups is 2. The Kier molecular flexibility index (Phi) is 6.53. The lowest BCUT2D eigenvalue weighted by atomic mass is 9.91. The van der Waals surface area contributed by atoms with Gasteiger partial charge in [-0.1, -0.05) is 0 Å². The van der Waals surface area contributed by atoms with Gasteiger partial charge in [0.15, 0.2) is 0 Å². The largest absolute Gasteiger partial charge is 0.374 e. The van der Waals surface area contributed by atoms with Crippen LogP contribution >= 0.6 is 0 Å². The van der Waals surface area contributed by atoms with Gasteiger partial charge < -0.3 is 31.5 Å². The molecular formula is C12H24N4O4. The Morgan fingerprint density at radius 3 is 1.70 bits per heavy atom. The van der Waals surface area contributed by atoms with Crippen LogP contribution < -0.4 is 21.3 Å². The topological polar surface area (TPSA) is 123 Å². The number of aliphatic hydroxyl groups is 2. The first kappa shape index (κ1) is 16.5. The van der Waals surface area contributed by atoms with E-state index in [1.54, 1.807) is 0 Å². The number of hydrogen-bond donors (Lipinski definition) is 6. The molecule has 6 N–H and O–H groups in total. The van der Waals surface area contributed by atoms with Crippen molar-refractivity contribution in [3.05, 3.63) is 0 Å². The fourth-order valence-electron chi connectivity index (χ4n) is 2.29. The van der Waals surface area contributed by atoms with Gasteiger partial charge in [-0.15, -0.1) is 0 Å². The molecule has 1 aliphatic rings. The van der Waals surface area contributed by atoms with Crippen molar-refractivity contribution >= 4 is 12.1 Å². The van der Waals surface area contributed by atoms with E-state index in [0.29, 0.717) is 6.42 Å². The fourth-order valence-corrected chi connectivity index (χ4v) is 2.29. The molecule has 0 bridgehead atoms. The van der Waals surface area contributed by atoms with Gasteiger partial charge >= 0.3 is 12.1 Å². The Morgan fingerprint density at radius 1 is 0.950 bits per heavy atom. The third-order valence-electron chi connectivity index (χ3n) is 3.02. The molecule has 8 heteroatoms. The highest BCUT2D eigenvalue weighted by atomic mass is 16.3. The Labute approximate surface area is 118 Å². The van der Waals surface area contributed by atoms with Crippen LogP contribution in [0.4, 0.5) is 9.59 Å². The second-order valence-electron chi connectivity index (χ2n) is 5.15. The molecular weight excluding hydrogens is 264 g/mol. The van der Waals surface area contributed by atoms with Crippen LogP contribution in [0.5, 0.6) is 0 Å². The Hall–Kier alpha value is -1.54. The summed E-state index contributed by atoms with van der Waals surface area (Å²) < 4.78 is 0. The highest BCUT2D eigenvalue weighted by molar-refractivity contribution is 5.75. The Balaban J connectivity index is 2.35. The monoisotopic (exact) mass is 288 g/mol. The minimum Gasteiger partial charge on any atom is -0.374 e. The van der Waals surface area contributed by atoms with Crippen molar-refractivity contribution in [3.8, 4) is 0 Å². The van der Waals surface area contributed by atoms with E-state index in [1.165, 1.54) is 13.8 Å². The van der Waals surface area contributed by atoms with Gasteiger partial charge in [0.1, 0.15) is 12.5 Å². The summed E-state index contributed by atoms with van der Waals surface area (Å²) in [6.45, 7) is 2.93. The minimum absolute atomic E-state index is 0.0423. The maximum absolute atomic E-state index is 11.5. The van der Waals surface area contributed by atoms with Gasteiger partial charge in [-0.25, -0.2) is 9.59 Å². The average Bonchev–Trinajstić information content (AvgIpc) is 2.26. The zero-order valence-electron chi connectivity index (χ0n) is 11.8. The first-order valence-electron chi connectivity index (χ1n) is 6.87. The summed E-state index contributed by atoms with van der Waals surface area (Å²) in [6, 6.07) is -0.920. The summed E-state index contributed by atoms with van der Waals surface area (Å²) in [5, 5.41) is 28.3. The summed E-state index contributed by atoms with van der Waals surface area (Å²) in [5.41, 5.74) is 0. The van der Waals surface area contributed by atoms with Gasteiger partial charge in [0.05, 0.1) is 0 Å². The van der Waals surface area contributed by atoms with E-state index < -0.39 is 24.5 Å². The molecule has 0 spiro atoms. The van der Waals surface area contributed by atoms with Crippen LogP contribution in [0.25, 0.3) is 0 Å². The molecule has 4 unspecified atom stereocenters. The van der Waals surface area contributed by atoms with Gasteiger partial charge in [-0.05, 0) is 39.5 Å². The molecule has 8 nitrogen and oxygen atoms in total. The normalized spacial score (nSPS) is 25.2. The standard InChI is InChI=1S/C12H24N4O4/c1-7(17)13-11(19)15-9-4-3-5-10(6-9)16-12(20)14-8(2)18/h7-10,17-18H,3-6H2,1-2H3,(H2,13,15,19)(H2,14,16,20). The molecule has 1 saturated carbocycles. The van der Waals surface area contributed by atoms with Crippen molar-refractivity contribution in [1.29, 1.82) is 0 Å². The molecule has 0 radical (unpaired) electrons. The second-order valence-corrected chi connectivity index (χ2v) is 5.15. The highest BCUT2D eigenvalue weighted by Gasteiger charge is 2.24. The summed E-state index contributed by atoms with van der Waals surface area (Å²) in [7, 11) is 0. The van der Waals surface area contributed by atoms with E-state index in [-0.39, 0.29) is 12.1 Å². The lowest BCUT2D eigenvalue weighted by Gasteiger charge is -2.30. The smallest absolute Gasteiger partial charge is 0.317 e. The zero-order valence-corrected chi connectivity index (χ0v) is 11.8. The molecule has 1 fully saturated rings. The number of hydrogen-bond acceptors (Lipinski definition) is 4. The molecule has 0 aromatic heterocycles. The van der Waals surface area contributed by atoms with E-state index in [2.05, 4.69) is 21.3 Å². The Bertz CT molecular complexity index is 305. The van der Waals surface area contributed by atoms with Crippen LogP contribution in [0.3, 0.4) is 0 Å². The quantitative estimate of drug-likeness (QED) is 0.393. The third kappa shape index (κ3) is 6.58. The van der Waals surface area contributed by atoms with Crippen molar-refractivity contribution in [1.82, 2.24) is 21.3 Å². The second kappa shape index (κ2) is 7.91. The summed E-state index contributed by atoms with van der Waals surface area (Å²) in [6.07, 6.45) is 1.39. The predicted molar refractivity (Wildman–Crippen MR) is 72.7 cm³/mol. The molecule has 4 atom stereocenters. The summed E-state index contributed by atoms with van der Waals surface area (Å²) in [4.78, 5) is 23.0. The first-order valence-corrected chi connectivity index (χ1v) is 6.87. The van der Waals surface area contributed by atoms with E-state index >= 15 is 0 Å². The molecule has 4 amide bonds. The van der Waals surface area contributed by atoms with E-state index in [1.807, 2.05) is 0 Å². The summed E-state index contributed by atoms with van der Waals surface area (Å²) >= 11 is 0.